The zero-order valence-corrected chi connectivity index (χ0v) is 17.7. The fraction of sp³-hybridized carbons (Fsp3) is 0.391. The van der Waals surface area contributed by atoms with Crippen molar-refractivity contribution >= 4 is 17.0 Å². The summed E-state index contributed by atoms with van der Waals surface area (Å²) in [6, 6.07) is 14.4. The number of hydrogen-bond acceptors (Lipinski definition) is 3. The van der Waals surface area contributed by atoms with Gasteiger partial charge in [0.15, 0.2) is 5.96 Å². The van der Waals surface area contributed by atoms with Crippen LogP contribution < -0.4 is 15.4 Å². The zero-order chi connectivity index (χ0) is 20.6. The van der Waals surface area contributed by atoms with Crippen LogP contribution in [0.5, 0.6) is 5.75 Å². The lowest BCUT2D eigenvalue weighted by Crippen LogP contribution is -2.37. The Labute approximate surface area is 172 Å². The van der Waals surface area contributed by atoms with Crippen molar-refractivity contribution in [1.29, 1.82) is 0 Å². The van der Waals surface area contributed by atoms with E-state index in [9.17, 15) is 0 Å². The third kappa shape index (κ3) is 5.98. The largest absolute Gasteiger partial charge is 0.491 e. The highest BCUT2D eigenvalue weighted by Gasteiger charge is 2.08. The molecule has 1 heterocycles. The molecule has 0 atom stereocenters. The molecule has 0 saturated heterocycles. The van der Waals surface area contributed by atoms with Crippen molar-refractivity contribution < 1.29 is 4.74 Å². The summed E-state index contributed by atoms with van der Waals surface area (Å²) in [5, 5.41) is 6.75. The van der Waals surface area contributed by atoms with Crippen LogP contribution in [-0.4, -0.2) is 35.6 Å². The van der Waals surface area contributed by atoms with Crippen molar-refractivity contribution in [1.82, 2.24) is 20.6 Å². The van der Waals surface area contributed by atoms with E-state index in [0.29, 0.717) is 6.54 Å². The Balaban J connectivity index is 1.47. The maximum atomic E-state index is 5.95. The third-order valence-electron chi connectivity index (χ3n) is 4.58. The Bertz CT molecular complexity index is 928. The molecule has 0 amide bonds. The quantitative estimate of drug-likeness (QED) is 0.308. The molecule has 3 N–H and O–H groups in total. The van der Waals surface area contributed by atoms with Gasteiger partial charge >= 0.3 is 0 Å². The van der Waals surface area contributed by atoms with Crippen LogP contribution in [0.15, 0.2) is 47.5 Å². The number of aromatic nitrogens is 2. The summed E-state index contributed by atoms with van der Waals surface area (Å²) in [5.41, 5.74) is 4.42. The van der Waals surface area contributed by atoms with Crippen LogP contribution >= 0.6 is 0 Å². The van der Waals surface area contributed by atoms with Gasteiger partial charge in [0.05, 0.1) is 17.1 Å². The summed E-state index contributed by atoms with van der Waals surface area (Å²) in [5.74, 6) is 2.73. The van der Waals surface area contributed by atoms with Gasteiger partial charge in [-0.3, -0.25) is 4.99 Å². The first-order chi connectivity index (χ1) is 14.0. The van der Waals surface area contributed by atoms with Crippen molar-refractivity contribution in [3.63, 3.8) is 0 Å². The fourth-order valence-electron chi connectivity index (χ4n) is 3.16. The maximum absolute atomic E-state index is 5.95. The van der Waals surface area contributed by atoms with Crippen LogP contribution in [-0.2, 0) is 13.0 Å². The first-order valence-corrected chi connectivity index (χ1v) is 10.2. The molecule has 6 heteroatoms. The smallest absolute Gasteiger partial charge is 0.191 e. The summed E-state index contributed by atoms with van der Waals surface area (Å²) < 4.78 is 5.95. The molecule has 2 aromatic carbocycles. The highest BCUT2D eigenvalue weighted by atomic mass is 16.5. The molecule has 154 valence electrons. The van der Waals surface area contributed by atoms with Crippen molar-refractivity contribution in [3.8, 4) is 5.75 Å². The van der Waals surface area contributed by atoms with E-state index in [0.717, 1.165) is 53.5 Å². The third-order valence-corrected chi connectivity index (χ3v) is 4.58. The van der Waals surface area contributed by atoms with Gasteiger partial charge in [0.1, 0.15) is 11.6 Å². The highest BCUT2D eigenvalue weighted by molar-refractivity contribution is 5.79. The highest BCUT2D eigenvalue weighted by Crippen LogP contribution is 2.21. The Morgan fingerprint density at radius 3 is 2.76 bits per heavy atom. The maximum Gasteiger partial charge on any atom is 0.191 e. The summed E-state index contributed by atoms with van der Waals surface area (Å²) in [7, 11) is 1.79. The number of fused-ring (bicyclic) bond motifs is 1. The number of benzene rings is 2. The first-order valence-electron chi connectivity index (χ1n) is 10.2. The minimum Gasteiger partial charge on any atom is -0.491 e. The SMILES string of the molecule is CN=C(NCCCc1nc2ccccc2[nH]1)NCc1ccc(C)cc1OC(C)C. The summed E-state index contributed by atoms with van der Waals surface area (Å²) in [6.07, 6.45) is 2.00. The summed E-state index contributed by atoms with van der Waals surface area (Å²) in [4.78, 5) is 12.3. The lowest BCUT2D eigenvalue weighted by atomic mass is 10.1. The molecular formula is C23H31N5O. The van der Waals surface area contributed by atoms with E-state index in [2.05, 4.69) is 56.8 Å². The molecule has 0 fully saturated rings. The lowest BCUT2D eigenvalue weighted by Gasteiger charge is -2.17. The van der Waals surface area contributed by atoms with Crippen LogP contribution in [0.3, 0.4) is 0 Å². The van der Waals surface area contributed by atoms with Crippen LogP contribution in [0.1, 0.15) is 37.2 Å². The number of nitrogens with one attached hydrogen (secondary N) is 3. The van der Waals surface area contributed by atoms with Crippen molar-refractivity contribution in [2.24, 2.45) is 4.99 Å². The molecule has 0 spiro atoms. The molecule has 3 rings (SSSR count). The Hall–Kier alpha value is -3.02. The van der Waals surface area contributed by atoms with E-state index in [-0.39, 0.29) is 6.10 Å². The predicted octanol–water partition coefficient (Wildman–Crippen LogP) is 3.96. The second-order valence-corrected chi connectivity index (χ2v) is 7.43. The van der Waals surface area contributed by atoms with Gasteiger partial charge < -0.3 is 20.4 Å². The van der Waals surface area contributed by atoms with E-state index in [1.54, 1.807) is 7.05 Å². The molecule has 0 saturated carbocycles. The van der Waals surface area contributed by atoms with Crippen molar-refractivity contribution in [3.05, 3.63) is 59.4 Å². The van der Waals surface area contributed by atoms with Crippen molar-refractivity contribution in [2.45, 2.75) is 46.3 Å². The van der Waals surface area contributed by atoms with E-state index in [1.807, 2.05) is 32.0 Å². The number of ether oxygens (including phenoxy) is 1. The van der Waals surface area contributed by atoms with E-state index in [4.69, 9.17) is 4.74 Å². The van der Waals surface area contributed by atoms with Gasteiger partial charge in [0.25, 0.3) is 0 Å². The van der Waals surface area contributed by atoms with Crippen molar-refractivity contribution in [2.75, 3.05) is 13.6 Å². The van der Waals surface area contributed by atoms with Gasteiger partial charge in [-0.15, -0.1) is 0 Å². The second kappa shape index (κ2) is 9.96. The zero-order valence-electron chi connectivity index (χ0n) is 17.7. The monoisotopic (exact) mass is 393 g/mol. The molecule has 0 aliphatic rings. The Morgan fingerprint density at radius 2 is 2.00 bits per heavy atom. The number of aryl methyl sites for hydroxylation is 2. The molecule has 29 heavy (non-hydrogen) atoms. The van der Waals surface area contributed by atoms with Crippen LogP contribution in [0.25, 0.3) is 11.0 Å². The number of hydrogen-bond donors (Lipinski definition) is 3. The number of para-hydroxylation sites is 2. The Kier molecular flexibility index (Phi) is 7.11. The van der Waals surface area contributed by atoms with Gasteiger partial charge in [0, 0.05) is 32.1 Å². The average Bonchev–Trinajstić information content (AvgIpc) is 3.11. The number of aliphatic imine (C=N–C) groups is 1. The molecule has 1 aromatic heterocycles. The molecule has 3 aromatic rings. The van der Waals surface area contributed by atoms with E-state index < -0.39 is 0 Å². The van der Waals surface area contributed by atoms with Crippen LogP contribution in [0.2, 0.25) is 0 Å². The van der Waals surface area contributed by atoms with Gasteiger partial charge in [-0.05, 0) is 51.0 Å². The average molecular weight is 394 g/mol. The molecule has 0 aliphatic heterocycles. The molecule has 0 radical (unpaired) electrons. The molecule has 6 nitrogen and oxygen atoms in total. The number of guanidine groups is 1. The molecule has 0 unspecified atom stereocenters. The number of nitrogens with zero attached hydrogens (tertiary/aromatic N) is 2. The standard InChI is InChI=1S/C23H31N5O/c1-16(2)29-21-14-17(3)11-12-18(21)15-26-23(24-4)25-13-7-10-22-27-19-8-5-6-9-20(19)28-22/h5-6,8-9,11-12,14,16H,7,10,13,15H2,1-4H3,(H,27,28)(H2,24,25,26). The van der Waals surface area contributed by atoms with Gasteiger partial charge in [0.2, 0.25) is 0 Å². The number of H-pyrrole nitrogens is 1. The minimum atomic E-state index is 0.145. The lowest BCUT2D eigenvalue weighted by molar-refractivity contribution is 0.239. The van der Waals surface area contributed by atoms with E-state index in [1.165, 1.54) is 5.56 Å². The summed E-state index contributed by atoms with van der Waals surface area (Å²) in [6.45, 7) is 7.64. The van der Waals surface area contributed by atoms with Gasteiger partial charge in [-0.1, -0.05) is 24.3 Å². The number of rotatable bonds is 8. The predicted molar refractivity (Wildman–Crippen MR) is 120 cm³/mol. The summed E-state index contributed by atoms with van der Waals surface area (Å²) >= 11 is 0. The number of aromatic amines is 1. The van der Waals surface area contributed by atoms with E-state index >= 15 is 0 Å². The molecular weight excluding hydrogens is 362 g/mol. The first kappa shape index (κ1) is 20.7. The normalized spacial score (nSPS) is 11.8. The second-order valence-electron chi connectivity index (χ2n) is 7.43. The Morgan fingerprint density at radius 1 is 1.17 bits per heavy atom. The number of imidazole rings is 1. The molecule has 0 aliphatic carbocycles. The van der Waals surface area contributed by atoms with Gasteiger partial charge in [-0.25, -0.2) is 4.98 Å². The molecule has 0 bridgehead atoms. The van der Waals surface area contributed by atoms with Crippen LogP contribution in [0, 0.1) is 6.92 Å². The fourth-order valence-corrected chi connectivity index (χ4v) is 3.16. The topological polar surface area (TPSA) is 74.3 Å². The van der Waals surface area contributed by atoms with Crippen LogP contribution in [0.4, 0.5) is 0 Å². The van der Waals surface area contributed by atoms with Gasteiger partial charge in [-0.2, -0.15) is 0 Å². The minimum absolute atomic E-state index is 0.145.